The molecule has 1 aliphatic rings. The molecule has 0 radical (unpaired) electrons. The quantitative estimate of drug-likeness (QED) is 0.667. The molecule has 1 atom stereocenters. The molecule has 1 aliphatic heterocycles. The molecule has 0 aromatic heterocycles. The number of nitro benzene ring substituents is 1. The van der Waals surface area contributed by atoms with Crippen LogP contribution >= 0.6 is 0 Å². The average molecular weight is 320 g/mol. The van der Waals surface area contributed by atoms with Crippen LogP contribution in [-0.4, -0.2) is 53.5 Å². The Labute approximate surface area is 136 Å². The van der Waals surface area contributed by atoms with Gasteiger partial charge in [-0.25, -0.2) is 4.79 Å². The molecule has 126 valence electrons. The maximum Gasteiger partial charge on any atom is 0.317 e. The fraction of sp³-hybridized carbons (Fsp3) is 0.562. The summed E-state index contributed by atoms with van der Waals surface area (Å²) >= 11 is 0. The van der Waals surface area contributed by atoms with Gasteiger partial charge in [0.25, 0.3) is 5.69 Å². The second-order valence-electron chi connectivity index (χ2n) is 5.68. The van der Waals surface area contributed by atoms with Gasteiger partial charge in [0.1, 0.15) is 0 Å². The van der Waals surface area contributed by atoms with Gasteiger partial charge in [-0.3, -0.25) is 10.1 Å². The second-order valence-corrected chi connectivity index (χ2v) is 5.68. The van der Waals surface area contributed by atoms with Crippen LogP contribution in [0.25, 0.3) is 0 Å². The van der Waals surface area contributed by atoms with Gasteiger partial charge in [-0.1, -0.05) is 26.0 Å². The highest BCUT2D eigenvalue weighted by Crippen LogP contribution is 2.22. The van der Waals surface area contributed by atoms with Crippen LogP contribution in [0.5, 0.6) is 0 Å². The van der Waals surface area contributed by atoms with E-state index in [4.69, 9.17) is 0 Å². The minimum Gasteiger partial charge on any atom is -0.331 e. The lowest BCUT2D eigenvalue weighted by atomic mass is 10.0. The number of rotatable bonds is 5. The smallest absolute Gasteiger partial charge is 0.317 e. The standard InChI is InChI=1S/C16H24N4O3/c1-3-15(13-6-5-7-14(12-13)20(22)23)17-16(21)19-10-8-18(4-2)9-11-19/h5-7,12,15H,3-4,8-11H2,1-2H3,(H,17,21)/t15-/m1/s1. The fourth-order valence-corrected chi connectivity index (χ4v) is 2.78. The highest BCUT2D eigenvalue weighted by Gasteiger charge is 2.23. The number of hydrogen-bond donors (Lipinski definition) is 1. The van der Waals surface area contributed by atoms with Gasteiger partial charge < -0.3 is 15.1 Å². The third-order valence-corrected chi connectivity index (χ3v) is 4.30. The highest BCUT2D eigenvalue weighted by molar-refractivity contribution is 5.75. The summed E-state index contributed by atoms with van der Waals surface area (Å²) in [6, 6.07) is 6.15. The van der Waals surface area contributed by atoms with E-state index >= 15 is 0 Å². The lowest BCUT2D eigenvalue weighted by Gasteiger charge is -2.35. The first-order valence-corrected chi connectivity index (χ1v) is 8.07. The maximum atomic E-state index is 12.4. The van der Waals surface area contributed by atoms with Gasteiger partial charge in [0.15, 0.2) is 0 Å². The first-order valence-electron chi connectivity index (χ1n) is 8.07. The summed E-state index contributed by atoms with van der Waals surface area (Å²) in [6.07, 6.45) is 0.682. The van der Waals surface area contributed by atoms with Gasteiger partial charge >= 0.3 is 6.03 Å². The van der Waals surface area contributed by atoms with Crippen molar-refractivity contribution < 1.29 is 9.72 Å². The first kappa shape index (κ1) is 17.2. The number of carbonyl (C=O) groups excluding carboxylic acids is 1. The van der Waals surface area contributed by atoms with Crippen molar-refractivity contribution in [1.29, 1.82) is 0 Å². The van der Waals surface area contributed by atoms with Gasteiger partial charge in [0.05, 0.1) is 11.0 Å². The van der Waals surface area contributed by atoms with Crippen molar-refractivity contribution in [2.45, 2.75) is 26.3 Å². The maximum absolute atomic E-state index is 12.4. The molecule has 7 heteroatoms. The predicted molar refractivity (Wildman–Crippen MR) is 88.3 cm³/mol. The van der Waals surface area contributed by atoms with Crippen molar-refractivity contribution in [3.05, 3.63) is 39.9 Å². The number of amides is 2. The summed E-state index contributed by atoms with van der Waals surface area (Å²) < 4.78 is 0. The molecule has 1 aromatic rings. The van der Waals surface area contributed by atoms with E-state index in [1.165, 1.54) is 12.1 Å². The van der Waals surface area contributed by atoms with Gasteiger partial charge in [0, 0.05) is 38.3 Å². The van der Waals surface area contributed by atoms with E-state index in [0.29, 0.717) is 19.5 Å². The molecule has 0 saturated carbocycles. The highest BCUT2D eigenvalue weighted by atomic mass is 16.6. The van der Waals surface area contributed by atoms with Crippen LogP contribution in [0, 0.1) is 10.1 Å². The largest absolute Gasteiger partial charge is 0.331 e. The van der Waals surface area contributed by atoms with Crippen molar-refractivity contribution in [2.75, 3.05) is 32.7 Å². The summed E-state index contributed by atoms with van der Waals surface area (Å²) in [5.74, 6) is 0. The van der Waals surface area contributed by atoms with Crippen LogP contribution in [0.15, 0.2) is 24.3 Å². The zero-order valence-electron chi connectivity index (χ0n) is 13.7. The molecule has 1 aromatic carbocycles. The Hall–Kier alpha value is -2.15. The Morgan fingerprint density at radius 1 is 1.30 bits per heavy atom. The number of benzene rings is 1. The number of non-ortho nitro benzene ring substituents is 1. The molecule has 1 N–H and O–H groups in total. The van der Waals surface area contributed by atoms with E-state index in [0.717, 1.165) is 25.2 Å². The molecule has 1 heterocycles. The summed E-state index contributed by atoms with van der Waals surface area (Å²) in [7, 11) is 0. The van der Waals surface area contributed by atoms with Crippen LogP contribution in [0.1, 0.15) is 31.9 Å². The van der Waals surface area contributed by atoms with Crippen molar-refractivity contribution in [3.8, 4) is 0 Å². The van der Waals surface area contributed by atoms with Crippen molar-refractivity contribution in [3.63, 3.8) is 0 Å². The molecule has 0 spiro atoms. The Kier molecular flexibility index (Phi) is 5.92. The van der Waals surface area contributed by atoms with E-state index in [2.05, 4.69) is 17.1 Å². The normalized spacial score (nSPS) is 16.9. The monoisotopic (exact) mass is 320 g/mol. The Morgan fingerprint density at radius 3 is 2.57 bits per heavy atom. The summed E-state index contributed by atoms with van der Waals surface area (Å²) in [6.45, 7) is 8.27. The Balaban J connectivity index is 2.00. The van der Waals surface area contributed by atoms with E-state index in [1.807, 2.05) is 17.9 Å². The number of hydrogen-bond acceptors (Lipinski definition) is 4. The molecule has 1 fully saturated rings. The Morgan fingerprint density at radius 2 is 2.00 bits per heavy atom. The molecule has 2 rings (SSSR count). The molecule has 7 nitrogen and oxygen atoms in total. The van der Waals surface area contributed by atoms with Crippen molar-refractivity contribution in [1.82, 2.24) is 15.1 Å². The topological polar surface area (TPSA) is 78.7 Å². The summed E-state index contributed by atoms with van der Waals surface area (Å²) in [5.41, 5.74) is 0.814. The summed E-state index contributed by atoms with van der Waals surface area (Å²) in [4.78, 5) is 27.0. The van der Waals surface area contributed by atoms with Crippen LogP contribution in [0.2, 0.25) is 0 Å². The fourth-order valence-electron chi connectivity index (χ4n) is 2.78. The van der Waals surface area contributed by atoms with Crippen molar-refractivity contribution in [2.24, 2.45) is 0 Å². The van der Waals surface area contributed by atoms with Gasteiger partial charge in [0.2, 0.25) is 0 Å². The zero-order valence-corrected chi connectivity index (χ0v) is 13.7. The van der Waals surface area contributed by atoms with Gasteiger partial charge in [-0.2, -0.15) is 0 Å². The molecular formula is C16H24N4O3. The lowest BCUT2D eigenvalue weighted by molar-refractivity contribution is -0.384. The number of urea groups is 1. The van der Waals surface area contributed by atoms with Gasteiger partial charge in [-0.05, 0) is 18.5 Å². The Bertz CT molecular complexity index is 556. The number of nitrogens with one attached hydrogen (secondary N) is 1. The number of nitro groups is 1. The van der Waals surface area contributed by atoms with E-state index in [9.17, 15) is 14.9 Å². The third-order valence-electron chi connectivity index (χ3n) is 4.30. The van der Waals surface area contributed by atoms with E-state index in [1.54, 1.807) is 6.07 Å². The predicted octanol–water partition coefficient (Wildman–Crippen LogP) is 2.39. The average Bonchev–Trinajstić information content (AvgIpc) is 2.59. The molecule has 0 aliphatic carbocycles. The minimum atomic E-state index is -0.415. The molecular weight excluding hydrogens is 296 g/mol. The first-order chi connectivity index (χ1) is 11.0. The molecule has 0 unspecified atom stereocenters. The zero-order chi connectivity index (χ0) is 16.8. The third kappa shape index (κ3) is 4.41. The van der Waals surface area contributed by atoms with Crippen LogP contribution in [-0.2, 0) is 0 Å². The number of piperazine rings is 1. The summed E-state index contributed by atoms with van der Waals surface area (Å²) in [5, 5.41) is 13.9. The van der Waals surface area contributed by atoms with Crippen LogP contribution in [0.3, 0.4) is 0 Å². The molecule has 23 heavy (non-hydrogen) atoms. The molecule has 0 bridgehead atoms. The number of likely N-dealkylation sites (N-methyl/N-ethyl adjacent to an activating group) is 1. The number of carbonyl (C=O) groups is 1. The van der Waals surface area contributed by atoms with E-state index in [-0.39, 0.29) is 17.8 Å². The SMILES string of the molecule is CC[C@@H](NC(=O)N1CCN(CC)CC1)c1cccc([N+](=O)[O-])c1. The van der Waals surface area contributed by atoms with Gasteiger partial charge in [-0.15, -0.1) is 0 Å². The molecule has 2 amide bonds. The van der Waals surface area contributed by atoms with Crippen molar-refractivity contribution >= 4 is 11.7 Å². The number of nitrogens with zero attached hydrogens (tertiary/aromatic N) is 3. The molecule has 1 saturated heterocycles. The minimum absolute atomic E-state index is 0.0479. The second kappa shape index (κ2) is 7.92. The van der Waals surface area contributed by atoms with Crippen LogP contribution < -0.4 is 5.32 Å². The lowest BCUT2D eigenvalue weighted by Crippen LogP contribution is -2.52. The van der Waals surface area contributed by atoms with Crippen LogP contribution in [0.4, 0.5) is 10.5 Å². The van der Waals surface area contributed by atoms with E-state index < -0.39 is 4.92 Å².